The number of nitrogens with one attached hydrogen (secondary N) is 2. The number of aliphatic hydroxyl groups is 1. The van der Waals surface area contributed by atoms with Crippen molar-refractivity contribution in [2.24, 2.45) is 0 Å². The number of ether oxygens (including phenoxy) is 2. The lowest BCUT2D eigenvalue weighted by Crippen LogP contribution is -2.31. The Hall–Kier alpha value is -0.430. The van der Waals surface area contributed by atoms with E-state index in [1.165, 1.54) is 0 Å². The molecule has 0 amide bonds. The van der Waals surface area contributed by atoms with Gasteiger partial charge in [-0.2, -0.15) is 0 Å². The molecule has 0 aliphatic heterocycles. The van der Waals surface area contributed by atoms with E-state index in [2.05, 4.69) is 10.6 Å². The van der Waals surface area contributed by atoms with Crippen LogP contribution in [0.3, 0.4) is 0 Å². The highest BCUT2D eigenvalue weighted by Gasteiger charge is 2.12. The lowest BCUT2D eigenvalue weighted by molar-refractivity contribution is 0.191. The van der Waals surface area contributed by atoms with Gasteiger partial charge in [0.1, 0.15) is 0 Å². The zero-order chi connectivity index (χ0) is 16.4. The van der Waals surface area contributed by atoms with Crippen molar-refractivity contribution in [3.8, 4) is 11.5 Å². The normalized spacial score (nSPS) is 11.2. The molecule has 0 aliphatic rings. The van der Waals surface area contributed by atoms with Crippen molar-refractivity contribution < 1.29 is 14.6 Å². The van der Waals surface area contributed by atoms with Crippen LogP contribution >= 0.6 is 36.4 Å². The van der Waals surface area contributed by atoms with Crippen LogP contribution < -0.4 is 20.1 Å². The van der Waals surface area contributed by atoms with Crippen molar-refractivity contribution in [3.05, 3.63) is 22.7 Å². The van der Waals surface area contributed by atoms with E-state index in [1.54, 1.807) is 6.92 Å². The summed E-state index contributed by atoms with van der Waals surface area (Å²) in [5.74, 6) is 1.29. The first-order chi connectivity index (χ1) is 10.6. The smallest absolute Gasteiger partial charge is 0.179 e. The summed E-state index contributed by atoms with van der Waals surface area (Å²) < 4.78 is 11.1. The molecule has 0 fully saturated rings. The number of halogens is 3. The van der Waals surface area contributed by atoms with E-state index < -0.39 is 0 Å². The largest absolute Gasteiger partial charge is 0.490 e. The zero-order valence-electron chi connectivity index (χ0n) is 14.4. The Balaban J connectivity index is 0. The Bertz CT molecular complexity index is 449. The molecule has 0 bridgehead atoms. The second kappa shape index (κ2) is 14.9. The van der Waals surface area contributed by atoms with Crippen molar-refractivity contribution >= 4 is 36.4 Å². The third-order valence-electron chi connectivity index (χ3n) is 2.91. The Morgan fingerprint density at radius 3 is 2.29 bits per heavy atom. The maximum atomic E-state index is 9.14. The van der Waals surface area contributed by atoms with Crippen LogP contribution in [-0.2, 0) is 6.54 Å². The van der Waals surface area contributed by atoms with Gasteiger partial charge in [0.2, 0.25) is 0 Å². The Morgan fingerprint density at radius 2 is 1.71 bits per heavy atom. The van der Waals surface area contributed by atoms with Gasteiger partial charge in [0, 0.05) is 26.2 Å². The molecule has 3 N–H and O–H groups in total. The maximum Gasteiger partial charge on any atom is 0.179 e. The maximum absolute atomic E-state index is 9.14. The third kappa shape index (κ3) is 9.77. The molecule has 0 heterocycles. The molecule has 0 radical (unpaired) electrons. The van der Waals surface area contributed by atoms with Crippen LogP contribution in [0, 0.1) is 0 Å². The number of hydrogen-bond donors (Lipinski definition) is 3. The minimum absolute atomic E-state index is 0. The molecule has 0 aromatic heterocycles. The highest BCUT2D eigenvalue weighted by Crippen LogP contribution is 2.36. The fraction of sp³-hybridized carbons (Fsp3) is 0.625. The Labute approximate surface area is 162 Å². The lowest BCUT2D eigenvalue weighted by Gasteiger charge is -2.15. The molecule has 0 saturated heterocycles. The summed E-state index contributed by atoms with van der Waals surface area (Å²) in [6.45, 7) is 9.63. The molecule has 8 heteroatoms. The summed E-state index contributed by atoms with van der Waals surface area (Å²) in [5.41, 5.74) is 1.05. The van der Waals surface area contributed by atoms with Crippen LogP contribution in [0.2, 0.25) is 5.02 Å². The first-order valence-corrected chi connectivity index (χ1v) is 8.13. The van der Waals surface area contributed by atoms with Gasteiger partial charge in [-0.1, -0.05) is 11.6 Å². The highest BCUT2D eigenvalue weighted by molar-refractivity contribution is 6.32. The van der Waals surface area contributed by atoms with Crippen molar-refractivity contribution in [2.75, 3.05) is 32.8 Å². The van der Waals surface area contributed by atoms with E-state index in [-0.39, 0.29) is 30.9 Å². The van der Waals surface area contributed by atoms with Crippen LogP contribution in [0.15, 0.2) is 12.1 Å². The summed E-state index contributed by atoms with van der Waals surface area (Å²) in [6.07, 6.45) is -0.321. The zero-order valence-corrected chi connectivity index (χ0v) is 16.8. The Kier molecular flexibility index (Phi) is 16.0. The predicted molar refractivity (Wildman–Crippen MR) is 105 cm³/mol. The second-order valence-corrected chi connectivity index (χ2v) is 5.41. The van der Waals surface area contributed by atoms with Gasteiger partial charge in [-0.05, 0) is 38.5 Å². The molecule has 1 aromatic rings. The van der Waals surface area contributed by atoms with Crippen molar-refractivity contribution in [3.63, 3.8) is 0 Å². The molecule has 24 heavy (non-hydrogen) atoms. The van der Waals surface area contributed by atoms with Gasteiger partial charge in [-0.15, -0.1) is 24.8 Å². The van der Waals surface area contributed by atoms with Gasteiger partial charge < -0.3 is 25.2 Å². The quantitative estimate of drug-likeness (QED) is 0.496. The van der Waals surface area contributed by atoms with E-state index >= 15 is 0 Å². The molecule has 1 unspecified atom stereocenters. The number of aliphatic hydroxyl groups excluding tert-OH is 1. The molecule has 1 atom stereocenters. The van der Waals surface area contributed by atoms with E-state index in [1.807, 2.05) is 26.0 Å². The summed E-state index contributed by atoms with van der Waals surface area (Å²) in [5, 5.41) is 16.2. The van der Waals surface area contributed by atoms with Gasteiger partial charge in [0.05, 0.1) is 24.3 Å². The van der Waals surface area contributed by atoms with Crippen LogP contribution in [-0.4, -0.2) is 44.1 Å². The molecule has 0 saturated carbocycles. The molecule has 0 spiro atoms. The fourth-order valence-electron chi connectivity index (χ4n) is 1.99. The number of rotatable bonds is 11. The molecular formula is C16H29Cl3N2O3. The fourth-order valence-corrected chi connectivity index (χ4v) is 2.28. The SMILES string of the molecule is CCOc1cc(CNCCNCC(C)O)cc(Cl)c1OCC.Cl.Cl. The highest BCUT2D eigenvalue weighted by atomic mass is 35.5. The topological polar surface area (TPSA) is 62.8 Å². The van der Waals surface area contributed by atoms with Crippen molar-refractivity contribution in [1.82, 2.24) is 10.6 Å². The lowest BCUT2D eigenvalue weighted by atomic mass is 10.2. The summed E-state index contributed by atoms with van der Waals surface area (Å²) >= 11 is 6.27. The first-order valence-electron chi connectivity index (χ1n) is 7.76. The van der Waals surface area contributed by atoms with Crippen LogP contribution in [0.1, 0.15) is 26.3 Å². The van der Waals surface area contributed by atoms with Crippen LogP contribution in [0.4, 0.5) is 0 Å². The average molecular weight is 404 g/mol. The van der Waals surface area contributed by atoms with E-state index in [4.69, 9.17) is 26.2 Å². The third-order valence-corrected chi connectivity index (χ3v) is 3.19. The summed E-state index contributed by atoms with van der Waals surface area (Å²) in [7, 11) is 0. The Morgan fingerprint density at radius 1 is 1.08 bits per heavy atom. The molecule has 0 aliphatic carbocycles. The minimum atomic E-state index is -0.321. The van der Waals surface area contributed by atoms with Crippen molar-refractivity contribution in [1.29, 1.82) is 0 Å². The van der Waals surface area contributed by atoms with E-state index in [0.717, 1.165) is 18.7 Å². The minimum Gasteiger partial charge on any atom is -0.490 e. The van der Waals surface area contributed by atoms with Gasteiger partial charge >= 0.3 is 0 Å². The predicted octanol–water partition coefficient (Wildman–Crippen LogP) is 3.04. The summed E-state index contributed by atoms with van der Waals surface area (Å²) in [6, 6.07) is 3.85. The van der Waals surface area contributed by atoms with E-state index in [9.17, 15) is 0 Å². The standard InChI is InChI=1S/C16H27ClN2O3.2ClH/c1-4-21-15-9-13(8-14(17)16(15)22-5-2)11-19-7-6-18-10-12(3)20;;/h8-9,12,18-20H,4-7,10-11H2,1-3H3;2*1H. The van der Waals surface area contributed by atoms with Crippen LogP contribution in [0.5, 0.6) is 11.5 Å². The van der Waals surface area contributed by atoms with Gasteiger partial charge in [0.25, 0.3) is 0 Å². The van der Waals surface area contributed by atoms with Gasteiger partial charge in [0.15, 0.2) is 11.5 Å². The molecule has 1 aromatic carbocycles. The average Bonchev–Trinajstić information content (AvgIpc) is 2.46. The summed E-state index contributed by atoms with van der Waals surface area (Å²) in [4.78, 5) is 0. The van der Waals surface area contributed by atoms with Gasteiger partial charge in [-0.25, -0.2) is 0 Å². The molecule has 1 rings (SSSR count). The monoisotopic (exact) mass is 402 g/mol. The number of benzene rings is 1. The number of hydrogen-bond acceptors (Lipinski definition) is 5. The van der Waals surface area contributed by atoms with Gasteiger partial charge in [-0.3, -0.25) is 0 Å². The second-order valence-electron chi connectivity index (χ2n) is 5.00. The first kappa shape index (κ1) is 25.8. The van der Waals surface area contributed by atoms with Crippen molar-refractivity contribution in [2.45, 2.75) is 33.4 Å². The molecular weight excluding hydrogens is 375 g/mol. The van der Waals surface area contributed by atoms with E-state index in [0.29, 0.717) is 42.8 Å². The molecule has 142 valence electrons. The molecule has 5 nitrogen and oxygen atoms in total. The van der Waals surface area contributed by atoms with Crippen LogP contribution in [0.25, 0.3) is 0 Å².